The van der Waals surface area contributed by atoms with Crippen LogP contribution in [0.1, 0.15) is 32.0 Å². The van der Waals surface area contributed by atoms with Crippen LogP contribution in [0.15, 0.2) is 97.1 Å². The molecule has 2 heteroatoms. The third-order valence-corrected chi connectivity index (χ3v) is 8.90. The molecule has 0 aliphatic heterocycles. The fraction of sp³-hybridized carbons (Fsp3) is 0.0556. The Labute approximate surface area is 230 Å². The van der Waals surface area contributed by atoms with E-state index >= 15 is 0 Å². The zero-order chi connectivity index (χ0) is 25.6. The van der Waals surface area contributed by atoms with Gasteiger partial charge in [0.2, 0.25) is 0 Å². The van der Waals surface area contributed by atoms with E-state index in [2.05, 4.69) is 135 Å². The standard InChI is InChI=1S/C36H22S2/c1-23-3-7-25(8-4-23)11-15-31-19-29-17-27-13-14-28-18-30-20-32(16-12-26-9-5-24(2)6-10-26)38-36(30)22-34(28)33(27)21-35(29)37-31/h3-10,13-14,17-22H,1-2H3. The lowest BCUT2D eigenvalue weighted by Crippen LogP contribution is -1.78. The van der Waals surface area contributed by atoms with E-state index < -0.39 is 0 Å². The fourth-order valence-corrected chi connectivity index (χ4v) is 6.67. The van der Waals surface area contributed by atoms with Crippen molar-refractivity contribution in [1.29, 1.82) is 0 Å². The molecule has 0 radical (unpaired) electrons. The minimum atomic E-state index is 1.05. The van der Waals surface area contributed by atoms with Crippen LogP contribution < -0.4 is 0 Å². The van der Waals surface area contributed by atoms with Crippen molar-refractivity contribution in [2.45, 2.75) is 13.8 Å². The van der Waals surface area contributed by atoms with Crippen LogP contribution in [0, 0.1) is 37.5 Å². The van der Waals surface area contributed by atoms with E-state index in [-0.39, 0.29) is 0 Å². The molecule has 7 aromatic rings. The van der Waals surface area contributed by atoms with E-state index in [1.807, 2.05) is 0 Å². The molecule has 2 heterocycles. The summed E-state index contributed by atoms with van der Waals surface area (Å²) in [5.41, 5.74) is 4.60. The summed E-state index contributed by atoms with van der Waals surface area (Å²) in [7, 11) is 0. The second-order valence-corrected chi connectivity index (χ2v) is 11.9. The molecule has 0 fully saturated rings. The highest BCUT2D eigenvalue weighted by molar-refractivity contribution is 7.20. The zero-order valence-electron chi connectivity index (χ0n) is 21.1. The Morgan fingerprint density at radius 3 is 1.26 bits per heavy atom. The minimum Gasteiger partial charge on any atom is -0.127 e. The molecular weight excluding hydrogens is 497 g/mol. The molecular formula is C36H22S2. The number of fused-ring (bicyclic) bond motifs is 5. The molecule has 7 rings (SSSR count). The lowest BCUT2D eigenvalue weighted by atomic mass is 10.00. The number of hydrogen-bond donors (Lipinski definition) is 0. The fourth-order valence-electron chi connectivity index (χ4n) is 4.80. The van der Waals surface area contributed by atoms with Crippen molar-refractivity contribution in [2.24, 2.45) is 0 Å². The average molecular weight is 519 g/mol. The van der Waals surface area contributed by atoms with Gasteiger partial charge in [-0.1, -0.05) is 71.2 Å². The van der Waals surface area contributed by atoms with Crippen LogP contribution in [-0.2, 0) is 0 Å². The van der Waals surface area contributed by atoms with Gasteiger partial charge in [0, 0.05) is 20.5 Å². The molecule has 0 saturated carbocycles. The van der Waals surface area contributed by atoms with Crippen LogP contribution in [0.5, 0.6) is 0 Å². The maximum atomic E-state index is 3.37. The van der Waals surface area contributed by atoms with Gasteiger partial charge in [-0.15, -0.1) is 22.7 Å². The van der Waals surface area contributed by atoms with Crippen LogP contribution in [0.2, 0.25) is 0 Å². The largest absolute Gasteiger partial charge is 0.127 e. The molecule has 0 amide bonds. The summed E-state index contributed by atoms with van der Waals surface area (Å²) in [6, 6.07) is 35.0. The van der Waals surface area contributed by atoms with Gasteiger partial charge in [0.05, 0.1) is 9.75 Å². The summed E-state index contributed by atoms with van der Waals surface area (Å²) in [6.45, 7) is 4.20. The van der Waals surface area contributed by atoms with Crippen LogP contribution >= 0.6 is 22.7 Å². The van der Waals surface area contributed by atoms with E-state index in [4.69, 9.17) is 0 Å². The van der Waals surface area contributed by atoms with Crippen molar-refractivity contribution in [1.82, 2.24) is 0 Å². The highest BCUT2D eigenvalue weighted by Crippen LogP contribution is 2.37. The normalized spacial score (nSPS) is 11.0. The molecule has 178 valence electrons. The Balaban J connectivity index is 1.29. The smallest absolute Gasteiger partial charge is 0.0784 e. The molecule has 0 saturated heterocycles. The lowest BCUT2D eigenvalue weighted by Gasteiger charge is -2.05. The Bertz CT molecular complexity index is 1970. The van der Waals surface area contributed by atoms with Crippen molar-refractivity contribution in [3.63, 3.8) is 0 Å². The number of benzene rings is 5. The van der Waals surface area contributed by atoms with Gasteiger partial charge in [0.15, 0.2) is 0 Å². The summed E-state index contributed by atoms with van der Waals surface area (Å²) in [6.07, 6.45) is 0. The first-order chi connectivity index (χ1) is 18.6. The predicted molar refractivity (Wildman–Crippen MR) is 167 cm³/mol. The molecule has 0 atom stereocenters. The van der Waals surface area contributed by atoms with Gasteiger partial charge in [0.1, 0.15) is 0 Å². The number of rotatable bonds is 0. The third-order valence-electron chi connectivity index (χ3n) is 6.87. The molecule has 38 heavy (non-hydrogen) atoms. The van der Waals surface area contributed by atoms with Crippen molar-refractivity contribution in [3.05, 3.63) is 129 Å². The molecule has 5 aromatic carbocycles. The minimum absolute atomic E-state index is 1.05. The third kappa shape index (κ3) is 4.36. The zero-order valence-corrected chi connectivity index (χ0v) is 22.7. The quantitative estimate of drug-likeness (QED) is 0.138. The monoisotopic (exact) mass is 518 g/mol. The number of hydrogen-bond acceptors (Lipinski definition) is 2. The molecule has 0 N–H and O–H groups in total. The number of thiophene rings is 2. The van der Waals surface area contributed by atoms with E-state index in [1.54, 1.807) is 22.7 Å². The highest BCUT2D eigenvalue weighted by atomic mass is 32.1. The summed E-state index contributed by atoms with van der Waals surface area (Å²) < 4.78 is 2.54. The van der Waals surface area contributed by atoms with Gasteiger partial charge in [-0.25, -0.2) is 0 Å². The first-order valence-corrected chi connectivity index (χ1v) is 14.2. The van der Waals surface area contributed by atoms with Crippen molar-refractivity contribution < 1.29 is 0 Å². The molecule has 0 aliphatic carbocycles. The second-order valence-electron chi connectivity index (χ2n) is 9.74. The molecule has 0 spiro atoms. The summed E-state index contributed by atoms with van der Waals surface area (Å²) in [5, 5.41) is 7.60. The van der Waals surface area contributed by atoms with Gasteiger partial charge in [-0.2, -0.15) is 0 Å². The van der Waals surface area contributed by atoms with Gasteiger partial charge >= 0.3 is 0 Å². The van der Waals surface area contributed by atoms with Crippen LogP contribution in [0.25, 0.3) is 41.7 Å². The highest BCUT2D eigenvalue weighted by Gasteiger charge is 2.09. The Morgan fingerprint density at radius 2 is 0.842 bits per heavy atom. The van der Waals surface area contributed by atoms with Crippen LogP contribution in [0.4, 0.5) is 0 Å². The SMILES string of the molecule is Cc1ccc(C#Cc2cc3cc4ccc5cc6cc(C#Cc7ccc(C)cc7)sc6cc5c4cc3s2)cc1. The summed E-state index contributed by atoms with van der Waals surface area (Å²) in [4.78, 5) is 2.19. The van der Waals surface area contributed by atoms with Gasteiger partial charge in [-0.05, 0) is 107 Å². The van der Waals surface area contributed by atoms with Crippen LogP contribution in [0.3, 0.4) is 0 Å². The predicted octanol–water partition coefficient (Wildman–Crippen LogP) is 9.84. The Kier molecular flexibility index (Phi) is 5.52. The number of aryl methyl sites for hydroxylation is 2. The molecule has 2 aromatic heterocycles. The maximum absolute atomic E-state index is 3.37. The Morgan fingerprint density at radius 1 is 0.421 bits per heavy atom. The van der Waals surface area contributed by atoms with Gasteiger partial charge < -0.3 is 0 Å². The summed E-state index contributed by atoms with van der Waals surface area (Å²) in [5.74, 6) is 13.4. The van der Waals surface area contributed by atoms with Crippen molar-refractivity contribution >= 4 is 64.4 Å². The molecule has 0 bridgehead atoms. The van der Waals surface area contributed by atoms with Crippen molar-refractivity contribution in [3.8, 4) is 23.7 Å². The molecule has 0 unspecified atom stereocenters. The second kappa shape index (κ2) is 9.20. The molecule has 0 aliphatic rings. The average Bonchev–Trinajstić information content (AvgIpc) is 3.52. The van der Waals surface area contributed by atoms with Gasteiger partial charge in [-0.3, -0.25) is 0 Å². The maximum Gasteiger partial charge on any atom is 0.0784 e. The molecule has 0 nitrogen and oxygen atoms in total. The van der Waals surface area contributed by atoms with E-state index in [9.17, 15) is 0 Å². The lowest BCUT2D eigenvalue weighted by molar-refractivity contribution is 1.46. The van der Waals surface area contributed by atoms with Gasteiger partial charge in [0.25, 0.3) is 0 Å². The summed E-state index contributed by atoms with van der Waals surface area (Å²) >= 11 is 3.53. The topological polar surface area (TPSA) is 0 Å². The van der Waals surface area contributed by atoms with Crippen molar-refractivity contribution in [2.75, 3.05) is 0 Å². The van der Waals surface area contributed by atoms with E-state index in [0.29, 0.717) is 0 Å². The van der Waals surface area contributed by atoms with E-state index in [0.717, 1.165) is 20.9 Å². The van der Waals surface area contributed by atoms with E-state index in [1.165, 1.54) is 52.8 Å². The first-order valence-electron chi connectivity index (χ1n) is 12.6. The van der Waals surface area contributed by atoms with Crippen LogP contribution in [-0.4, -0.2) is 0 Å². The Hall–Kier alpha value is -4.34. The first kappa shape index (κ1) is 22.8.